The number of nitrogens with zero attached hydrogens (tertiary/aromatic N) is 1. The van der Waals surface area contributed by atoms with Crippen molar-refractivity contribution in [3.63, 3.8) is 0 Å². The van der Waals surface area contributed by atoms with Crippen molar-refractivity contribution < 1.29 is 24.2 Å². The summed E-state index contributed by atoms with van der Waals surface area (Å²) in [6.45, 7) is 2.70. The van der Waals surface area contributed by atoms with E-state index in [1.807, 2.05) is 24.3 Å². The number of hydrogen-bond donors (Lipinski definition) is 2. The van der Waals surface area contributed by atoms with Crippen LogP contribution in [0.1, 0.15) is 56.1 Å². The van der Waals surface area contributed by atoms with Gasteiger partial charge in [-0.1, -0.05) is 48.5 Å². The number of aliphatic carboxylic acids is 1. The molecule has 7 heteroatoms. The van der Waals surface area contributed by atoms with Crippen molar-refractivity contribution in [1.29, 1.82) is 0 Å². The smallest absolute Gasteiger partial charge is 0.407 e. The van der Waals surface area contributed by atoms with E-state index in [9.17, 15) is 19.5 Å². The van der Waals surface area contributed by atoms with Crippen molar-refractivity contribution in [3.8, 4) is 11.1 Å². The molecule has 3 aliphatic rings. The van der Waals surface area contributed by atoms with Crippen molar-refractivity contribution in [1.82, 2.24) is 10.2 Å². The van der Waals surface area contributed by atoms with E-state index in [0.29, 0.717) is 31.8 Å². The molecule has 0 aromatic heterocycles. The van der Waals surface area contributed by atoms with Gasteiger partial charge in [-0.05, 0) is 66.7 Å². The number of alkyl carbamates (subject to hydrolysis) is 1. The van der Waals surface area contributed by atoms with Gasteiger partial charge >= 0.3 is 12.1 Å². The summed E-state index contributed by atoms with van der Waals surface area (Å²) in [5.74, 6) is -0.729. The van der Waals surface area contributed by atoms with Gasteiger partial charge in [0.25, 0.3) is 0 Å². The molecule has 0 radical (unpaired) electrons. The fraction of sp³-hybridized carbons (Fsp3) is 0.464. The summed E-state index contributed by atoms with van der Waals surface area (Å²) in [7, 11) is 0. The Morgan fingerprint density at radius 3 is 2.31 bits per heavy atom. The third-order valence-corrected chi connectivity index (χ3v) is 7.98. The van der Waals surface area contributed by atoms with Crippen LogP contribution in [0.15, 0.2) is 48.5 Å². The lowest BCUT2D eigenvalue weighted by molar-refractivity contribution is -0.155. The topological polar surface area (TPSA) is 95.9 Å². The van der Waals surface area contributed by atoms with Crippen LogP contribution < -0.4 is 5.32 Å². The molecule has 0 bridgehead atoms. The second-order valence-corrected chi connectivity index (χ2v) is 10.2. The van der Waals surface area contributed by atoms with Crippen LogP contribution in [0.2, 0.25) is 0 Å². The Morgan fingerprint density at radius 2 is 1.71 bits per heavy atom. The Morgan fingerprint density at radius 1 is 1.09 bits per heavy atom. The predicted molar refractivity (Wildman–Crippen MR) is 131 cm³/mol. The lowest BCUT2D eigenvalue weighted by Gasteiger charge is -2.32. The average molecular weight is 477 g/mol. The standard InChI is InChI=1S/C28H32N2O5/c1-28(26(32)33)13-6-14-30(28)25(31)15-19(18-11-12-18)16-29-27(34)35-17-24-22-9-4-2-7-20(22)21-8-3-5-10-23(21)24/h2-5,7-10,18-19,24H,6,11-17H2,1H3,(H,29,34)(H,32,33)/t19?,28-/m0/s1. The molecule has 184 valence electrons. The number of fused-ring (bicyclic) bond motifs is 3. The van der Waals surface area contributed by atoms with Gasteiger partial charge in [-0.25, -0.2) is 9.59 Å². The number of carboxylic acids is 1. The first kappa shape index (κ1) is 23.4. The van der Waals surface area contributed by atoms with E-state index in [1.165, 1.54) is 16.0 Å². The van der Waals surface area contributed by atoms with Crippen molar-refractivity contribution in [3.05, 3.63) is 59.7 Å². The number of nitrogens with one attached hydrogen (secondary N) is 1. The quantitative estimate of drug-likeness (QED) is 0.589. The molecule has 2 N–H and O–H groups in total. The van der Waals surface area contributed by atoms with Crippen LogP contribution in [0.25, 0.3) is 11.1 Å². The molecule has 0 spiro atoms. The molecule has 2 aromatic rings. The van der Waals surface area contributed by atoms with Gasteiger partial charge in [0.05, 0.1) is 0 Å². The normalized spacial score (nSPS) is 21.8. The first-order valence-electron chi connectivity index (χ1n) is 12.5. The minimum Gasteiger partial charge on any atom is -0.480 e. The van der Waals surface area contributed by atoms with Crippen LogP contribution in [0.5, 0.6) is 0 Å². The number of carboxylic acid groups (broad SMARTS) is 1. The Labute approximate surface area is 205 Å². The first-order valence-corrected chi connectivity index (χ1v) is 12.5. The predicted octanol–water partition coefficient (Wildman–Crippen LogP) is 4.41. The maximum atomic E-state index is 13.0. The van der Waals surface area contributed by atoms with Crippen LogP contribution in [0.3, 0.4) is 0 Å². The summed E-state index contributed by atoms with van der Waals surface area (Å²) in [6.07, 6.45) is 2.99. The molecule has 5 rings (SSSR count). The molecule has 1 unspecified atom stereocenters. The highest BCUT2D eigenvalue weighted by Gasteiger charge is 2.46. The van der Waals surface area contributed by atoms with Gasteiger partial charge in [0.15, 0.2) is 0 Å². The third kappa shape index (κ3) is 4.51. The van der Waals surface area contributed by atoms with E-state index in [1.54, 1.807) is 6.92 Å². The number of ether oxygens (including phenoxy) is 1. The van der Waals surface area contributed by atoms with E-state index in [4.69, 9.17) is 4.74 Å². The Bertz CT molecular complexity index is 1100. The summed E-state index contributed by atoms with van der Waals surface area (Å²) in [6, 6.07) is 16.4. The summed E-state index contributed by atoms with van der Waals surface area (Å²) >= 11 is 0. The molecule has 2 aromatic carbocycles. The third-order valence-electron chi connectivity index (χ3n) is 7.98. The second-order valence-electron chi connectivity index (χ2n) is 10.2. The highest BCUT2D eigenvalue weighted by atomic mass is 16.5. The van der Waals surface area contributed by atoms with E-state index >= 15 is 0 Å². The van der Waals surface area contributed by atoms with Crippen LogP contribution in [-0.4, -0.2) is 53.2 Å². The zero-order valence-corrected chi connectivity index (χ0v) is 20.0. The van der Waals surface area contributed by atoms with Gasteiger partial charge in [0.2, 0.25) is 5.91 Å². The molecule has 1 saturated heterocycles. The number of amides is 2. The Hall–Kier alpha value is -3.35. The molecule has 2 amide bonds. The van der Waals surface area contributed by atoms with E-state index in [0.717, 1.165) is 24.0 Å². The highest BCUT2D eigenvalue weighted by Crippen LogP contribution is 2.44. The molecule has 35 heavy (non-hydrogen) atoms. The number of carbonyl (C=O) groups excluding carboxylic acids is 2. The van der Waals surface area contributed by atoms with E-state index in [2.05, 4.69) is 29.6 Å². The van der Waals surface area contributed by atoms with Gasteiger partial charge in [-0.15, -0.1) is 0 Å². The molecule has 7 nitrogen and oxygen atoms in total. The van der Waals surface area contributed by atoms with Crippen LogP contribution >= 0.6 is 0 Å². The van der Waals surface area contributed by atoms with Gasteiger partial charge in [0.1, 0.15) is 12.1 Å². The summed E-state index contributed by atoms with van der Waals surface area (Å²) in [4.78, 5) is 38.9. The summed E-state index contributed by atoms with van der Waals surface area (Å²) in [5, 5.41) is 12.5. The SMILES string of the molecule is C[C@@]1(C(=O)O)CCCN1C(=O)CC(CNC(=O)OCC1c2ccccc2-c2ccccc21)C1CC1. The van der Waals surface area contributed by atoms with E-state index in [-0.39, 0.29) is 30.8 Å². The van der Waals surface area contributed by atoms with Crippen molar-refractivity contribution in [2.45, 2.75) is 50.5 Å². The highest BCUT2D eigenvalue weighted by molar-refractivity contribution is 5.87. The molecule has 1 heterocycles. The fourth-order valence-electron chi connectivity index (χ4n) is 5.76. The molecular weight excluding hydrogens is 444 g/mol. The molecule has 2 aliphatic carbocycles. The lowest BCUT2D eigenvalue weighted by atomic mass is 9.95. The lowest BCUT2D eigenvalue weighted by Crippen LogP contribution is -2.51. The molecular formula is C28H32N2O5. The number of carbonyl (C=O) groups is 3. The van der Waals surface area contributed by atoms with Gasteiger partial charge in [-0.3, -0.25) is 4.79 Å². The Balaban J connectivity index is 1.17. The van der Waals surface area contributed by atoms with Crippen molar-refractivity contribution >= 4 is 18.0 Å². The van der Waals surface area contributed by atoms with E-state index < -0.39 is 17.6 Å². The summed E-state index contributed by atoms with van der Waals surface area (Å²) in [5.41, 5.74) is 3.55. The summed E-state index contributed by atoms with van der Waals surface area (Å²) < 4.78 is 5.64. The number of likely N-dealkylation sites (tertiary alicyclic amines) is 1. The molecule has 2 fully saturated rings. The zero-order valence-electron chi connectivity index (χ0n) is 20.0. The number of rotatable bonds is 8. The van der Waals surface area contributed by atoms with Crippen molar-refractivity contribution in [2.75, 3.05) is 19.7 Å². The molecule has 1 aliphatic heterocycles. The minimum absolute atomic E-state index is 0.00202. The minimum atomic E-state index is -1.13. The average Bonchev–Trinajstić information content (AvgIpc) is 3.55. The van der Waals surface area contributed by atoms with Crippen LogP contribution in [0, 0.1) is 11.8 Å². The maximum Gasteiger partial charge on any atom is 0.407 e. The molecule has 1 saturated carbocycles. The Kier molecular flexibility index (Phi) is 6.26. The molecule has 2 atom stereocenters. The van der Waals surface area contributed by atoms with Crippen molar-refractivity contribution in [2.24, 2.45) is 11.8 Å². The van der Waals surface area contributed by atoms with Crippen LogP contribution in [0.4, 0.5) is 4.79 Å². The van der Waals surface area contributed by atoms with Crippen LogP contribution in [-0.2, 0) is 14.3 Å². The first-order chi connectivity index (χ1) is 16.9. The fourth-order valence-corrected chi connectivity index (χ4v) is 5.76. The zero-order chi connectivity index (χ0) is 24.6. The van der Waals surface area contributed by atoms with Gasteiger partial charge in [0, 0.05) is 25.4 Å². The monoisotopic (exact) mass is 476 g/mol. The second kappa shape index (κ2) is 9.36. The maximum absolute atomic E-state index is 13.0. The largest absolute Gasteiger partial charge is 0.480 e. The number of benzene rings is 2. The van der Waals surface area contributed by atoms with Gasteiger partial charge < -0.3 is 20.1 Å². The van der Waals surface area contributed by atoms with Gasteiger partial charge in [-0.2, -0.15) is 0 Å². The number of hydrogen-bond acceptors (Lipinski definition) is 4.